The molecule has 1 fully saturated rings. The Morgan fingerprint density at radius 2 is 1.96 bits per heavy atom. The van der Waals surface area contributed by atoms with Gasteiger partial charge < -0.3 is 10.4 Å². The van der Waals surface area contributed by atoms with E-state index < -0.39 is 0 Å². The quantitative estimate of drug-likeness (QED) is 0.896. The Balaban J connectivity index is 1.49. The molecule has 3 heterocycles. The summed E-state index contributed by atoms with van der Waals surface area (Å²) >= 11 is 0. The average Bonchev–Trinajstić information content (AvgIpc) is 2.58. The largest absolute Gasteiger partial charge is 0.505 e. The van der Waals surface area contributed by atoms with E-state index in [1.165, 1.54) is 17.8 Å². The molecule has 0 unspecified atom stereocenters. The fourth-order valence-electron chi connectivity index (χ4n) is 2.81. The van der Waals surface area contributed by atoms with E-state index >= 15 is 0 Å². The Labute approximate surface area is 135 Å². The molecule has 6 heteroatoms. The van der Waals surface area contributed by atoms with Crippen LogP contribution in [0.5, 0.6) is 5.75 Å². The molecule has 3 rings (SSSR count). The van der Waals surface area contributed by atoms with Crippen molar-refractivity contribution in [3.05, 3.63) is 54.1 Å². The first kappa shape index (κ1) is 15.4. The lowest BCUT2D eigenvalue weighted by Crippen LogP contribution is -2.44. The molecule has 1 aliphatic heterocycles. The normalized spacial score (nSPS) is 16.2. The molecule has 0 atom stereocenters. The molecule has 0 saturated carbocycles. The number of likely N-dealkylation sites (tertiary alicyclic amines) is 1. The molecule has 2 aromatic rings. The third kappa shape index (κ3) is 4.04. The number of hydrogen-bond acceptors (Lipinski definition) is 5. The van der Waals surface area contributed by atoms with Crippen molar-refractivity contribution < 1.29 is 9.90 Å². The van der Waals surface area contributed by atoms with Gasteiger partial charge in [0.2, 0.25) is 0 Å². The lowest BCUT2D eigenvalue weighted by atomic mass is 10.0. The third-order valence-corrected chi connectivity index (χ3v) is 4.08. The number of hydrogen-bond donors (Lipinski definition) is 2. The minimum atomic E-state index is -0.310. The lowest BCUT2D eigenvalue weighted by molar-refractivity contribution is 0.0901. The number of carbonyl (C=O) groups excluding carboxylic acids is 1. The molecule has 1 saturated heterocycles. The monoisotopic (exact) mass is 312 g/mol. The number of nitrogens with zero attached hydrogens (tertiary/aromatic N) is 3. The minimum Gasteiger partial charge on any atom is -0.505 e. The molecule has 0 bridgehead atoms. The second-order valence-corrected chi connectivity index (χ2v) is 5.75. The molecule has 1 aliphatic rings. The molecule has 1 amide bonds. The summed E-state index contributed by atoms with van der Waals surface area (Å²) in [5, 5.41) is 12.6. The zero-order valence-corrected chi connectivity index (χ0v) is 12.9. The van der Waals surface area contributed by atoms with Crippen molar-refractivity contribution in [2.24, 2.45) is 0 Å². The minimum absolute atomic E-state index is 0.0832. The molecule has 6 nitrogen and oxygen atoms in total. The fraction of sp³-hybridized carbons (Fsp3) is 0.353. The van der Waals surface area contributed by atoms with Crippen molar-refractivity contribution in [2.45, 2.75) is 25.4 Å². The second kappa shape index (κ2) is 7.19. The van der Waals surface area contributed by atoms with Crippen LogP contribution in [0.4, 0.5) is 0 Å². The van der Waals surface area contributed by atoms with Gasteiger partial charge in [-0.1, -0.05) is 0 Å². The van der Waals surface area contributed by atoms with Crippen LogP contribution in [-0.4, -0.2) is 45.0 Å². The first-order chi connectivity index (χ1) is 11.2. The van der Waals surface area contributed by atoms with E-state index in [0.29, 0.717) is 0 Å². The first-order valence-electron chi connectivity index (χ1n) is 7.78. The van der Waals surface area contributed by atoms with Gasteiger partial charge in [-0.25, -0.2) is 4.98 Å². The average molecular weight is 312 g/mol. The number of piperidine rings is 1. The first-order valence-corrected chi connectivity index (χ1v) is 7.78. The smallest absolute Gasteiger partial charge is 0.273 e. The number of carbonyl (C=O) groups is 1. The third-order valence-electron chi connectivity index (χ3n) is 4.08. The van der Waals surface area contributed by atoms with Gasteiger partial charge in [-0.15, -0.1) is 0 Å². The van der Waals surface area contributed by atoms with Crippen LogP contribution in [0.2, 0.25) is 0 Å². The van der Waals surface area contributed by atoms with Gasteiger partial charge in [0.25, 0.3) is 5.91 Å². The summed E-state index contributed by atoms with van der Waals surface area (Å²) in [6.45, 7) is 2.77. The van der Waals surface area contributed by atoms with Crippen molar-refractivity contribution >= 4 is 5.91 Å². The predicted molar refractivity (Wildman–Crippen MR) is 85.9 cm³/mol. The predicted octanol–water partition coefficient (Wildman–Crippen LogP) is 1.58. The molecule has 120 valence electrons. The summed E-state index contributed by atoms with van der Waals surface area (Å²) in [4.78, 5) is 22.5. The Morgan fingerprint density at radius 3 is 2.65 bits per heavy atom. The highest BCUT2D eigenvalue weighted by Crippen LogP contribution is 2.16. The number of pyridine rings is 2. The molecular weight excluding hydrogens is 292 g/mol. The maximum absolute atomic E-state index is 12.2. The number of aromatic nitrogens is 2. The van der Waals surface area contributed by atoms with E-state index in [-0.39, 0.29) is 23.4 Å². The summed E-state index contributed by atoms with van der Waals surface area (Å²) in [5.74, 6) is -0.393. The van der Waals surface area contributed by atoms with Gasteiger partial charge >= 0.3 is 0 Å². The highest BCUT2D eigenvalue weighted by atomic mass is 16.3. The van der Waals surface area contributed by atoms with E-state index in [9.17, 15) is 9.90 Å². The second-order valence-electron chi connectivity index (χ2n) is 5.75. The molecule has 2 N–H and O–H groups in total. The summed E-state index contributed by atoms with van der Waals surface area (Å²) in [5.41, 5.74) is 1.34. The Bertz CT molecular complexity index is 655. The Morgan fingerprint density at radius 1 is 1.22 bits per heavy atom. The number of amides is 1. The summed E-state index contributed by atoms with van der Waals surface area (Å²) < 4.78 is 0. The van der Waals surface area contributed by atoms with Gasteiger partial charge in [0, 0.05) is 44.3 Å². The maximum atomic E-state index is 12.2. The van der Waals surface area contributed by atoms with Gasteiger partial charge in [-0.2, -0.15) is 0 Å². The molecule has 0 aromatic carbocycles. The standard InChI is InChI=1S/C17H20N4O2/c22-15-2-1-7-19-16(15)17(23)20-14-5-10-21(11-6-14)12-13-3-8-18-9-4-13/h1-4,7-9,14,22H,5-6,10-12H2,(H,20,23). The summed E-state index contributed by atoms with van der Waals surface area (Å²) in [7, 11) is 0. The van der Waals surface area contributed by atoms with E-state index in [1.807, 2.05) is 24.5 Å². The summed E-state index contributed by atoms with van der Waals surface area (Å²) in [6.07, 6.45) is 6.91. The molecule has 0 radical (unpaired) electrons. The van der Waals surface area contributed by atoms with Crippen molar-refractivity contribution in [1.82, 2.24) is 20.2 Å². The van der Waals surface area contributed by atoms with Gasteiger partial charge in [0.1, 0.15) is 5.75 Å². The SMILES string of the molecule is O=C(NC1CCN(Cc2ccncc2)CC1)c1ncccc1O. The molecule has 0 spiro atoms. The van der Waals surface area contributed by atoms with Crippen molar-refractivity contribution in [3.63, 3.8) is 0 Å². The van der Waals surface area contributed by atoms with Crippen LogP contribution in [0.3, 0.4) is 0 Å². The zero-order chi connectivity index (χ0) is 16.1. The molecule has 2 aromatic heterocycles. The van der Waals surface area contributed by atoms with Crippen molar-refractivity contribution in [1.29, 1.82) is 0 Å². The van der Waals surface area contributed by atoms with Crippen LogP contribution in [0.15, 0.2) is 42.9 Å². The van der Waals surface area contributed by atoms with Crippen LogP contribution >= 0.6 is 0 Å². The van der Waals surface area contributed by atoms with Gasteiger partial charge in [0.15, 0.2) is 5.69 Å². The van der Waals surface area contributed by atoms with E-state index in [0.717, 1.165) is 32.5 Å². The molecule has 23 heavy (non-hydrogen) atoms. The number of nitrogens with one attached hydrogen (secondary N) is 1. The Hall–Kier alpha value is -2.47. The van der Waals surface area contributed by atoms with E-state index in [2.05, 4.69) is 20.2 Å². The van der Waals surface area contributed by atoms with Crippen LogP contribution in [0.25, 0.3) is 0 Å². The van der Waals surface area contributed by atoms with E-state index in [1.54, 1.807) is 6.07 Å². The van der Waals surface area contributed by atoms with Gasteiger partial charge in [0.05, 0.1) is 0 Å². The highest BCUT2D eigenvalue weighted by Gasteiger charge is 2.22. The maximum Gasteiger partial charge on any atom is 0.273 e. The lowest BCUT2D eigenvalue weighted by Gasteiger charge is -2.32. The van der Waals surface area contributed by atoms with E-state index in [4.69, 9.17) is 0 Å². The van der Waals surface area contributed by atoms with Gasteiger partial charge in [-0.05, 0) is 42.7 Å². The molecular formula is C17H20N4O2. The fourth-order valence-corrected chi connectivity index (χ4v) is 2.81. The number of rotatable bonds is 4. The van der Waals surface area contributed by atoms with Crippen molar-refractivity contribution in [3.8, 4) is 5.75 Å². The van der Waals surface area contributed by atoms with Crippen LogP contribution in [0, 0.1) is 0 Å². The van der Waals surface area contributed by atoms with Gasteiger partial charge in [-0.3, -0.25) is 14.7 Å². The number of aromatic hydroxyl groups is 1. The van der Waals surface area contributed by atoms with Crippen LogP contribution < -0.4 is 5.32 Å². The highest BCUT2D eigenvalue weighted by molar-refractivity contribution is 5.94. The summed E-state index contributed by atoms with van der Waals surface area (Å²) in [6, 6.07) is 7.25. The zero-order valence-electron chi connectivity index (χ0n) is 12.9. The van der Waals surface area contributed by atoms with Crippen LogP contribution in [-0.2, 0) is 6.54 Å². The van der Waals surface area contributed by atoms with Crippen LogP contribution in [0.1, 0.15) is 28.9 Å². The topological polar surface area (TPSA) is 78.4 Å². The van der Waals surface area contributed by atoms with Crippen molar-refractivity contribution in [2.75, 3.05) is 13.1 Å². The Kier molecular flexibility index (Phi) is 4.83. The molecule has 0 aliphatic carbocycles.